The third-order valence-electron chi connectivity index (χ3n) is 7.91. The molecule has 216 valence electrons. The second kappa shape index (κ2) is 15.0. The van der Waals surface area contributed by atoms with Crippen LogP contribution in [0.25, 0.3) is 11.3 Å². The van der Waals surface area contributed by atoms with E-state index in [-0.39, 0.29) is 36.9 Å². The average molecular weight is 548 g/mol. The van der Waals surface area contributed by atoms with Crippen molar-refractivity contribution in [3.8, 4) is 17.0 Å². The van der Waals surface area contributed by atoms with E-state index in [1.807, 2.05) is 0 Å². The highest BCUT2D eigenvalue weighted by Gasteiger charge is 2.38. The summed E-state index contributed by atoms with van der Waals surface area (Å²) in [6.07, 6.45) is 12.7. The maximum absolute atomic E-state index is 15.1. The highest BCUT2D eigenvalue weighted by Crippen LogP contribution is 2.34. The standard InChI is InChI=1S/C32H44F3NO3/c1-3-5-7-9-11-23(33)20-37-24-14-13-22-17-27(32(35)31(34)26(22)18-24)28-16-15-25(19-36-28)38-21-30-29(39-30)12-10-8-6-4-2/h15-17,19,23-24,29-30H,3-14,18,20-21H2,1-2H3. The average Bonchev–Trinajstić information content (AvgIpc) is 3.71. The zero-order valence-electron chi connectivity index (χ0n) is 23.5. The van der Waals surface area contributed by atoms with Crippen molar-refractivity contribution < 1.29 is 27.4 Å². The van der Waals surface area contributed by atoms with Gasteiger partial charge in [0, 0.05) is 12.0 Å². The maximum atomic E-state index is 15.1. The van der Waals surface area contributed by atoms with Crippen molar-refractivity contribution in [3.63, 3.8) is 0 Å². The fraction of sp³-hybridized carbons (Fsp3) is 0.656. The first-order valence-electron chi connectivity index (χ1n) is 15.0. The summed E-state index contributed by atoms with van der Waals surface area (Å²) in [6.45, 7) is 4.80. The Balaban J connectivity index is 1.27. The second-order valence-corrected chi connectivity index (χ2v) is 11.1. The SMILES string of the molecule is CCCCCCC(F)COC1CCc2cc(-c3ccc(OCC4OC4CCCCCC)cn3)c(F)c(F)c2C1. The highest BCUT2D eigenvalue weighted by molar-refractivity contribution is 5.63. The van der Waals surface area contributed by atoms with Crippen molar-refractivity contribution in [3.05, 3.63) is 47.2 Å². The van der Waals surface area contributed by atoms with Crippen molar-refractivity contribution in [1.82, 2.24) is 4.98 Å². The van der Waals surface area contributed by atoms with Crippen molar-refractivity contribution >= 4 is 0 Å². The third kappa shape index (κ3) is 8.68. The van der Waals surface area contributed by atoms with Crippen LogP contribution in [0.5, 0.6) is 5.75 Å². The van der Waals surface area contributed by atoms with Crippen molar-refractivity contribution in [2.24, 2.45) is 0 Å². The molecule has 0 spiro atoms. The molecule has 1 aliphatic carbocycles. The Morgan fingerprint density at radius 1 is 1.00 bits per heavy atom. The zero-order valence-corrected chi connectivity index (χ0v) is 23.5. The lowest BCUT2D eigenvalue weighted by atomic mass is 9.87. The normalized spacial score (nSPS) is 21.0. The van der Waals surface area contributed by atoms with Crippen LogP contribution in [0.4, 0.5) is 13.2 Å². The molecule has 1 aromatic carbocycles. The summed E-state index contributed by atoms with van der Waals surface area (Å²) in [6, 6.07) is 5.09. The summed E-state index contributed by atoms with van der Waals surface area (Å²) in [7, 11) is 0. The summed E-state index contributed by atoms with van der Waals surface area (Å²) in [4.78, 5) is 4.35. The first-order valence-corrected chi connectivity index (χ1v) is 15.0. The number of alkyl halides is 1. The number of benzene rings is 1. The van der Waals surface area contributed by atoms with E-state index >= 15 is 8.78 Å². The summed E-state index contributed by atoms with van der Waals surface area (Å²) in [5.74, 6) is -1.19. The molecular weight excluding hydrogens is 503 g/mol. The van der Waals surface area contributed by atoms with E-state index in [0.717, 1.165) is 37.7 Å². The lowest BCUT2D eigenvalue weighted by Gasteiger charge is -2.26. The third-order valence-corrected chi connectivity index (χ3v) is 7.91. The lowest BCUT2D eigenvalue weighted by molar-refractivity contribution is 0.00865. The van der Waals surface area contributed by atoms with E-state index in [1.165, 1.54) is 25.7 Å². The predicted octanol–water partition coefficient (Wildman–Crippen LogP) is 8.33. The van der Waals surface area contributed by atoms with Gasteiger partial charge in [-0.3, -0.25) is 4.98 Å². The van der Waals surface area contributed by atoms with Crippen LogP contribution in [0.1, 0.15) is 95.6 Å². The smallest absolute Gasteiger partial charge is 0.168 e. The molecule has 0 N–H and O–H groups in total. The van der Waals surface area contributed by atoms with Gasteiger partial charge in [-0.25, -0.2) is 13.2 Å². The van der Waals surface area contributed by atoms with Gasteiger partial charge >= 0.3 is 0 Å². The fourth-order valence-corrected chi connectivity index (χ4v) is 5.41. The zero-order chi connectivity index (χ0) is 27.6. The van der Waals surface area contributed by atoms with E-state index < -0.39 is 17.8 Å². The Kier molecular flexibility index (Phi) is 11.5. The molecule has 1 aliphatic heterocycles. The molecular formula is C32H44F3NO3. The van der Waals surface area contributed by atoms with Gasteiger partial charge in [-0.2, -0.15) is 0 Å². The van der Waals surface area contributed by atoms with Crippen molar-refractivity contribution in [2.45, 2.75) is 122 Å². The van der Waals surface area contributed by atoms with E-state index in [0.29, 0.717) is 42.9 Å². The minimum atomic E-state index is -1.01. The molecule has 1 aromatic heterocycles. The maximum Gasteiger partial charge on any atom is 0.168 e. The van der Waals surface area contributed by atoms with Crippen molar-refractivity contribution in [1.29, 1.82) is 0 Å². The van der Waals surface area contributed by atoms with E-state index in [9.17, 15) is 4.39 Å². The summed E-state index contributed by atoms with van der Waals surface area (Å²) in [5.41, 5.74) is 1.60. The number of halogens is 3. The first-order chi connectivity index (χ1) is 19.0. The molecule has 7 heteroatoms. The van der Waals surface area contributed by atoms with Gasteiger partial charge in [0.1, 0.15) is 24.6 Å². The first kappa shape index (κ1) is 29.9. The Hall–Kier alpha value is -2.12. The molecule has 2 heterocycles. The summed E-state index contributed by atoms with van der Waals surface area (Å²) >= 11 is 0. The minimum absolute atomic E-state index is 0.0130. The molecule has 0 radical (unpaired) electrons. The molecule has 0 saturated carbocycles. The largest absolute Gasteiger partial charge is 0.489 e. The van der Waals surface area contributed by atoms with Crippen LogP contribution >= 0.6 is 0 Å². The molecule has 39 heavy (non-hydrogen) atoms. The van der Waals surface area contributed by atoms with Crippen LogP contribution in [0, 0.1) is 11.6 Å². The molecule has 2 aromatic rings. The van der Waals surface area contributed by atoms with Crippen LogP contribution in [0.15, 0.2) is 24.4 Å². The lowest BCUT2D eigenvalue weighted by Crippen LogP contribution is -2.27. The van der Waals surface area contributed by atoms with Crippen LogP contribution in [0.3, 0.4) is 0 Å². The Labute approximate surface area is 231 Å². The van der Waals surface area contributed by atoms with Crippen molar-refractivity contribution in [2.75, 3.05) is 13.2 Å². The van der Waals surface area contributed by atoms with Gasteiger partial charge < -0.3 is 14.2 Å². The summed E-state index contributed by atoms with van der Waals surface area (Å²) in [5, 5.41) is 0. The number of epoxide rings is 1. The number of fused-ring (bicyclic) bond motifs is 1. The molecule has 0 amide bonds. The number of hydrogen-bond acceptors (Lipinski definition) is 4. The van der Waals surface area contributed by atoms with Gasteiger partial charge in [0.25, 0.3) is 0 Å². The van der Waals surface area contributed by atoms with E-state index in [4.69, 9.17) is 14.2 Å². The number of pyridine rings is 1. The molecule has 4 atom stereocenters. The predicted molar refractivity (Wildman–Crippen MR) is 148 cm³/mol. The number of ether oxygens (including phenoxy) is 3. The van der Waals surface area contributed by atoms with Crippen LogP contribution in [-0.4, -0.2) is 42.7 Å². The molecule has 4 rings (SSSR count). The number of aryl methyl sites for hydroxylation is 1. The molecule has 4 unspecified atom stereocenters. The molecule has 2 aliphatic rings. The number of aromatic nitrogens is 1. The Morgan fingerprint density at radius 3 is 2.54 bits per heavy atom. The van der Waals surface area contributed by atoms with Gasteiger partial charge in [0.2, 0.25) is 0 Å². The van der Waals surface area contributed by atoms with Gasteiger partial charge in [-0.05, 0) is 55.0 Å². The Bertz CT molecular complexity index is 1030. The number of hydrogen-bond donors (Lipinski definition) is 0. The molecule has 1 fully saturated rings. The minimum Gasteiger partial charge on any atom is -0.489 e. The van der Waals surface area contributed by atoms with E-state index in [1.54, 1.807) is 24.4 Å². The van der Waals surface area contributed by atoms with Gasteiger partial charge in [-0.1, -0.05) is 65.2 Å². The topological polar surface area (TPSA) is 43.9 Å². The van der Waals surface area contributed by atoms with Crippen LogP contribution in [-0.2, 0) is 22.3 Å². The van der Waals surface area contributed by atoms with Gasteiger partial charge in [0.05, 0.1) is 30.7 Å². The second-order valence-electron chi connectivity index (χ2n) is 11.1. The fourth-order valence-electron chi connectivity index (χ4n) is 5.41. The highest BCUT2D eigenvalue weighted by atomic mass is 19.2. The van der Waals surface area contributed by atoms with E-state index in [2.05, 4.69) is 18.8 Å². The number of nitrogens with zero attached hydrogens (tertiary/aromatic N) is 1. The monoisotopic (exact) mass is 547 g/mol. The number of unbranched alkanes of at least 4 members (excludes halogenated alkanes) is 6. The molecule has 4 nitrogen and oxygen atoms in total. The molecule has 1 saturated heterocycles. The van der Waals surface area contributed by atoms with Crippen LogP contribution in [0.2, 0.25) is 0 Å². The quantitative estimate of drug-likeness (QED) is 0.148. The Morgan fingerprint density at radius 2 is 1.79 bits per heavy atom. The van der Waals surface area contributed by atoms with Gasteiger partial charge in [-0.15, -0.1) is 0 Å². The summed E-state index contributed by atoms with van der Waals surface area (Å²) < 4.78 is 61.7. The number of rotatable bonds is 17. The van der Waals surface area contributed by atoms with Gasteiger partial charge in [0.15, 0.2) is 11.6 Å². The molecule has 0 bridgehead atoms. The van der Waals surface area contributed by atoms with Crippen LogP contribution < -0.4 is 4.74 Å².